The van der Waals surface area contributed by atoms with E-state index in [0.717, 1.165) is 16.8 Å². The Kier molecular flexibility index (Phi) is 3.75. The van der Waals surface area contributed by atoms with Crippen molar-refractivity contribution in [3.63, 3.8) is 0 Å². The number of carboxylic acids is 1. The number of fused-ring (bicyclic) bond motifs is 1. The summed E-state index contributed by atoms with van der Waals surface area (Å²) in [7, 11) is 2.03. The van der Waals surface area contributed by atoms with Gasteiger partial charge >= 0.3 is 5.97 Å². The van der Waals surface area contributed by atoms with Crippen molar-refractivity contribution in [3.05, 3.63) is 53.6 Å². The van der Waals surface area contributed by atoms with Gasteiger partial charge in [-0.05, 0) is 54.2 Å². The van der Waals surface area contributed by atoms with E-state index in [4.69, 9.17) is 5.73 Å². The highest BCUT2D eigenvalue weighted by Gasteiger charge is 2.26. The van der Waals surface area contributed by atoms with Gasteiger partial charge in [-0.3, -0.25) is 0 Å². The second kappa shape index (κ2) is 5.96. The highest BCUT2D eigenvalue weighted by Crippen LogP contribution is 2.44. The summed E-state index contributed by atoms with van der Waals surface area (Å²) in [6.45, 7) is 0. The molecular formula is C21H22N2O2. The molecule has 1 aromatic heterocycles. The van der Waals surface area contributed by atoms with Gasteiger partial charge in [0.1, 0.15) is 0 Å². The Morgan fingerprint density at radius 2 is 1.80 bits per heavy atom. The Morgan fingerprint density at radius 1 is 1.12 bits per heavy atom. The number of hydrogen-bond donors (Lipinski definition) is 2. The predicted molar refractivity (Wildman–Crippen MR) is 101 cm³/mol. The van der Waals surface area contributed by atoms with E-state index in [9.17, 15) is 9.90 Å². The summed E-state index contributed by atoms with van der Waals surface area (Å²) in [6.07, 6.45) is 4.91. The summed E-state index contributed by atoms with van der Waals surface area (Å²) in [5.41, 5.74) is 11.6. The highest BCUT2D eigenvalue weighted by molar-refractivity contribution is 5.98. The molecule has 1 fully saturated rings. The summed E-state index contributed by atoms with van der Waals surface area (Å²) in [6, 6.07) is 13.4. The number of nitrogens with zero attached hydrogens (tertiary/aromatic N) is 1. The smallest absolute Gasteiger partial charge is 0.335 e. The minimum absolute atomic E-state index is 0.329. The van der Waals surface area contributed by atoms with Gasteiger partial charge in [-0.25, -0.2) is 4.79 Å². The number of hydrogen-bond acceptors (Lipinski definition) is 2. The molecule has 0 amide bonds. The molecule has 4 rings (SSSR count). The molecule has 0 bridgehead atoms. The molecule has 0 saturated heterocycles. The van der Waals surface area contributed by atoms with Gasteiger partial charge in [-0.15, -0.1) is 0 Å². The van der Waals surface area contributed by atoms with Crippen molar-refractivity contribution in [1.82, 2.24) is 4.57 Å². The third-order valence-corrected chi connectivity index (χ3v) is 5.43. The summed E-state index contributed by atoms with van der Waals surface area (Å²) >= 11 is 0. The first-order valence-electron chi connectivity index (χ1n) is 8.78. The van der Waals surface area contributed by atoms with Crippen LogP contribution in [0.2, 0.25) is 0 Å². The molecule has 0 aliphatic heterocycles. The number of anilines is 1. The molecular weight excluding hydrogens is 312 g/mol. The first-order valence-corrected chi connectivity index (χ1v) is 8.78. The van der Waals surface area contributed by atoms with Gasteiger partial charge in [0.15, 0.2) is 0 Å². The van der Waals surface area contributed by atoms with Crippen molar-refractivity contribution in [2.75, 3.05) is 5.73 Å². The monoisotopic (exact) mass is 334 g/mol. The standard InChI is InChI=1S/C21H22N2O2/c1-23-18-12-15(21(24)25)8-11-17(18)19(13-4-2-3-5-13)20(23)14-6-9-16(22)10-7-14/h6-13H,2-5,22H2,1H3,(H,24,25). The SMILES string of the molecule is Cn1c(-c2ccc(N)cc2)c(C2CCCC2)c2ccc(C(=O)O)cc21. The zero-order chi connectivity index (χ0) is 17.6. The molecule has 4 heteroatoms. The number of aryl methyl sites for hydroxylation is 1. The lowest BCUT2D eigenvalue weighted by Gasteiger charge is -2.14. The lowest BCUT2D eigenvalue weighted by molar-refractivity contribution is 0.0697. The van der Waals surface area contributed by atoms with E-state index in [1.54, 1.807) is 12.1 Å². The van der Waals surface area contributed by atoms with E-state index < -0.39 is 5.97 Å². The summed E-state index contributed by atoms with van der Waals surface area (Å²) in [4.78, 5) is 11.4. The maximum atomic E-state index is 11.4. The van der Waals surface area contributed by atoms with Crippen LogP contribution in [0.5, 0.6) is 0 Å². The van der Waals surface area contributed by atoms with Gasteiger partial charge in [0.05, 0.1) is 11.3 Å². The van der Waals surface area contributed by atoms with Crippen LogP contribution in [-0.2, 0) is 7.05 Å². The van der Waals surface area contributed by atoms with E-state index in [2.05, 4.69) is 16.7 Å². The number of aromatic nitrogens is 1. The highest BCUT2D eigenvalue weighted by atomic mass is 16.4. The Balaban J connectivity index is 2.01. The largest absolute Gasteiger partial charge is 0.478 e. The number of benzene rings is 2. The van der Waals surface area contributed by atoms with Crippen molar-refractivity contribution in [2.45, 2.75) is 31.6 Å². The first kappa shape index (κ1) is 15.8. The van der Waals surface area contributed by atoms with Gasteiger partial charge in [0, 0.05) is 23.6 Å². The molecule has 0 unspecified atom stereocenters. The van der Waals surface area contributed by atoms with Crippen molar-refractivity contribution in [3.8, 4) is 11.3 Å². The normalized spacial score (nSPS) is 15.1. The molecule has 0 atom stereocenters. The minimum Gasteiger partial charge on any atom is -0.478 e. The Labute approximate surface area is 146 Å². The third-order valence-electron chi connectivity index (χ3n) is 5.43. The summed E-state index contributed by atoms with van der Waals surface area (Å²) < 4.78 is 2.14. The Hall–Kier alpha value is -2.75. The second-order valence-electron chi connectivity index (χ2n) is 6.96. The topological polar surface area (TPSA) is 68.2 Å². The van der Waals surface area contributed by atoms with Crippen LogP contribution in [0.3, 0.4) is 0 Å². The molecule has 3 N–H and O–H groups in total. The zero-order valence-corrected chi connectivity index (χ0v) is 14.3. The van der Waals surface area contributed by atoms with Crippen LogP contribution in [0.25, 0.3) is 22.2 Å². The maximum absolute atomic E-state index is 11.4. The van der Waals surface area contributed by atoms with Crippen LogP contribution in [0.15, 0.2) is 42.5 Å². The van der Waals surface area contributed by atoms with Crippen molar-refractivity contribution in [2.24, 2.45) is 7.05 Å². The molecule has 2 aromatic carbocycles. The summed E-state index contributed by atoms with van der Waals surface area (Å²) in [5.74, 6) is -0.355. The number of nitrogens with two attached hydrogens (primary N) is 1. The summed E-state index contributed by atoms with van der Waals surface area (Å²) in [5, 5.41) is 10.5. The van der Waals surface area contributed by atoms with E-state index in [0.29, 0.717) is 11.5 Å². The number of rotatable bonds is 3. The van der Waals surface area contributed by atoms with E-state index in [1.165, 1.54) is 42.3 Å². The quantitative estimate of drug-likeness (QED) is 0.677. The first-order chi connectivity index (χ1) is 12.1. The molecule has 1 aliphatic rings. The molecule has 0 radical (unpaired) electrons. The van der Waals surface area contributed by atoms with Crippen LogP contribution in [-0.4, -0.2) is 15.6 Å². The van der Waals surface area contributed by atoms with E-state index >= 15 is 0 Å². The number of aromatic carboxylic acids is 1. The lowest BCUT2D eigenvalue weighted by Crippen LogP contribution is -1.98. The van der Waals surface area contributed by atoms with Crippen LogP contribution >= 0.6 is 0 Å². The maximum Gasteiger partial charge on any atom is 0.335 e. The molecule has 128 valence electrons. The third kappa shape index (κ3) is 2.58. The lowest BCUT2D eigenvalue weighted by atomic mass is 9.92. The fourth-order valence-corrected chi connectivity index (χ4v) is 4.22. The molecule has 1 saturated carbocycles. The molecule has 25 heavy (non-hydrogen) atoms. The fourth-order valence-electron chi connectivity index (χ4n) is 4.22. The molecule has 3 aromatic rings. The average molecular weight is 334 g/mol. The molecule has 0 spiro atoms. The Morgan fingerprint density at radius 3 is 2.44 bits per heavy atom. The molecule has 1 heterocycles. The number of nitrogen functional groups attached to an aromatic ring is 1. The molecule has 1 aliphatic carbocycles. The number of carboxylic acid groups (broad SMARTS) is 1. The van der Waals surface area contributed by atoms with Gasteiger partial charge in [0.2, 0.25) is 0 Å². The Bertz CT molecular complexity index is 948. The van der Waals surface area contributed by atoms with Crippen LogP contribution in [0, 0.1) is 0 Å². The average Bonchev–Trinajstić information content (AvgIpc) is 3.22. The predicted octanol–water partition coefficient (Wildman–Crippen LogP) is 4.78. The van der Waals surface area contributed by atoms with Crippen LogP contribution in [0.1, 0.15) is 47.5 Å². The second-order valence-corrected chi connectivity index (χ2v) is 6.96. The van der Waals surface area contributed by atoms with E-state index in [-0.39, 0.29) is 0 Å². The number of carbonyl (C=O) groups is 1. The van der Waals surface area contributed by atoms with E-state index in [1.807, 2.05) is 25.2 Å². The van der Waals surface area contributed by atoms with Crippen LogP contribution in [0.4, 0.5) is 5.69 Å². The van der Waals surface area contributed by atoms with Gasteiger partial charge in [-0.2, -0.15) is 0 Å². The van der Waals surface area contributed by atoms with Crippen molar-refractivity contribution in [1.29, 1.82) is 0 Å². The zero-order valence-electron chi connectivity index (χ0n) is 14.3. The fraction of sp³-hybridized carbons (Fsp3) is 0.286. The van der Waals surface area contributed by atoms with Gasteiger partial charge < -0.3 is 15.4 Å². The van der Waals surface area contributed by atoms with Gasteiger partial charge in [-0.1, -0.05) is 31.0 Å². The van der Waals surface area contributed by atoms with Crippen LogP contribution < -0.4 is 5.73 Å². The minimum atomic E-state index is -0.889. The van der Waals surface area contributed by atoms with Crippen molar-refractivity contribution >= 4 is 22.6 Å². The van der Waals surface area contributed by atoms with Crippen molar-refractivity contribution < 1.29 is 9.90 Å². The molecule has 4 nitrogen and oxygen atoms in total. The van der Waals surface area contributed by atoms with Gasteiger partial charge in [0.25, 0.3) is 0 Å².